The van der Waals surface area contributed by atoms with Crippen LogP contribution in [0.15, 0.2) is 42.5 Å². The van der Waals surface area contributed by atoms with E-state index in [2.05, 4.69) is 17.1 Å². The van der Waals surface area contributed by atoms with E-state index >= 15 is 0 Å². The van der Waals surface area contributed by atoms with Crippen molar-refractivity contribution in [2.75, 3.05) is 38.7 Å². The molecule has 1 saturated heterocycles. The molecule has 178 valence electrons. The Morgan fingerprint density at radius 2 is 1.82 bits per heavy atom. The molecule has 0 aliphatic carbocycles. The molecule has 0 aromatic heterocycles. The third kappa shape index (κ3) is 6.90. The first-order valence-corrected chi connectivity index (χ1v) is 11.1. The van der Waals surface area contributed by atoms with Crippen LogP contribution in [0.4, 0.5) is 10.1 Å². The molecule has 1 N–H and O–H groups in total. The second-order valence-electron chi connectivity index (χ2n) is 8.21. The van der Waals surface area contributed by atoms with Gasteiger partial charge in [-0.1, -0.05) is 23.7 Å². The molecule has 1 aliphatic heterocycles. The molecule has 2 aromatic carbocycles. The molecule has 9 heteroatoms. The van der Waals surface area contributed by atoms with Crippen LogP contribution in [-0.4, -0.2) is 67.1 Å². The van der Waals surface area contributed by atoms with E-state index in [1.807, 2.05) is 11.8 Å². The molecular formula is C24H29ClFN3O4. The smallest absolute Gasteiger partial charge is 0.260 e. The van der Waals surface area contributed by atoms with E-state index < -0.39 is 0 Å². The van der Waals surface area contributed by atoms with Gasteiger partial charge >= 0.3 is 0 Å². The van der Waals surface area contributed by atoms with Crippen LogP contribution >= 0.6 is 11.6 Å². The number of anilines is 1. The minimum atomic E-state index is -0.351. The molecule has 3 rings (SSSR count). The van der Waals surface area contributed by atoms with Crippen molar-refractivity contribution in [2.24, 2.45) is 0 Å². The third-order valence-corrected chi connectivity index (χ3v) is 5.81. The van der Waals surface area contributed by atoms with Gasteiger partial charge in [0, 0.05) is 43.9 Å². The van der Waals surface area contributed by atoms with E-state index in [1.54, 1.807) is 30.3 Å². The minimum absolute atomic E-state index is 0.0103. The fraction of sp³-hybridized carbons (Fsp3) is 0.417. The topological polar surface area (TPSA) is 71.1 Å². The molecule has 2 atom stereocenters. The number of amides is 2. The number of hydrogen-bond acceptors (Lipinski definition) is 5. The highest BCUT2D eigenvalue weighted by molar-refractivity contribution is 6.31. The number of methoxy groups -OCH3 is 1. The van der Waals surface area contributed by atoms with Crippen molar-refractivity contribution in [1.82, 2.24) is 9.80 Å². The number of benzene rings is 2. The van der Waals surface area contributed by atoms with Gasteiger partial charge in [0.15, 0.2) is 6.61 Å². The molecule has 0 radical (unpaired) electrons. The number of piperazine rings is 1. The van der Waals surface area contributed by atoms with E-state index in [4.69, 9.17) is 21.1 Å². The van der Waals surface area contributed by atoms with Crippen LogP contribution in [0, 0.1) is 5.82 Å². The summed E-state index contributed by atoms with van der Waals surface area (Å²) >= 11 is 6.04. The van der Waals surface area contributed by atoms with Crippen LogP contribution in [0.1, 0.15) is 19.4 Å². The number of rotatable bonds is 8. The zero-order valence-corrected chi connectivity index (χ0v) is 19.8. The average Bonchev–Trinajstić information content (AvgIpc) is 2.77. The van der Waals surface area contributed by atoms with E-state index in [0.29, 0.717) is 36.1 Å². The SMILES string of the molecule is COCC(=O)Nc1cc(Cl)ccc1OCC(=O)N1CC(C)N(Cc2ccc(F)cc2)CC1C. The Kier molecular flexibility index (Phi) is 8.66. The van der Waals surface area contributed by atoms with Crippen LogP contribution < -0.4 is 10.1 Å². The lowest BCUT2D eigenvalue weighted by Crippen LogP contribution is -2.58. The maximum Gasteiger partial charge on any atom is 0.260 e. The highest BCUT2D eigenvalue weighted by atomic mass is 35.5. The molecule has 0 spiro atoms. The lowest BCUT2D eigenvalue weighted by atomic mass is 10.1. The summed E-state index contributed by atoms with van der Waals surface area (Å²) in [6.07, 6.45) is 0. The van der Waals surface area contributed by atoms with Gasteiger partial charge in [-0.3, -0.25) is 14.5 Å². The maximum atomic E-state index is 13.2. The van der Waals surface area contributed by atoms with Crippen molar-refractivity contribution in [3.63, 3.8) is 0 Å². The van der Waals surface area contributed by atoms with Gasteiger partial charge in [-0.15, -0.1) is 0 Å². The molecule has 33 heavy (non-hydrogen) atoms. The van der Waals surface area contributed by atoms with Gasteiger partial charge in [0.1, 0.15) is 18.2 Å². The van der Waals surface area contributed by atoms with Crippen molar-refractivity contribution >= 4 is 29.1 Å². The highest BCUT2D eigenvalue weighted by Crippen LogP contribution is 2.28. The number of nitrogens with one attached hydrogen (secondary N) is 1. The van der Waals surface area contributed by atoms with Gasteiger partial charge in [-0.05, 0) is 49.7 Å². The first kappa shape index (κ1) is 25.0. The van der Waals surface area contributed by atoms with Crippen LogP contribution in [0.2, 0.25) is 5.02 Å². The summed E-state index contributed by atoms with van der Waals surface area (Å²) in [6.45, 7) is 5.75. The molecular weight excluding hydrogens is 449 g/mol. The zero-order chi connectivity index (χ0) is 24.0. The van der Waals surface area contributed by atoms with Crippen LogP contribution in [-0.2, 0) is 20.9 Å². The standard InChI is InChI=1S/C24H29ClFN3O4/c1-16-12-29(17(2)11-28(16)13-18-4-7-20(26)8-5-18)24(31)15-33-22-9-6-19(25)10-21(22)27-23(30)14-32-3/h4-10,16-17H,11-15H2,1-3H3,(H,27,30). The summed E-state index contributed by atoms with van der Waals surface area (Å²) < 4.78 is 23.8. The number of hydrogen-bond donors (Lipinski definition) is 1. The largest absolute Gasteiger partial charge is 0.482 e. The van der Waals surface area contributed by atoms with Gasteiger partial charge in [0.25, 0.3) is 5.91 Å². The average molecular weight is 478 g/mol. The maximum absolute atomic E-state index is 13.2. The Morgan fingerprint density at radius 1 is 1.09 bits per heavy atom. The molecule has 1 heterocycles. The van der Waals surface area contributed by atoms with E-state index in [0.717, 1.165) is 5.56 Å². The molecule has 1 aliphatic rings. The summed E-state index contributed by atoms with van der Waals surface area (Å²) in [4.78, 5) is 28.9. The van der Waals surface area contributed by atoms with Gasteiger partial charge in [0.2, 0.25) is 5.91 Å². The summed E-state index contributed by atoms with van der Waals surface area (Å²) in [6, 6.07) is 11.4. The number of nitrogens with zero attached hydrogens (tertiary/aromatic N) is 2. The van der Waals surface area contributed by atoms with Crippen molar-refractivity contribution in [2.45, 2.75) is 32.5 Å². The van der Waals surface area contributed by atoms with Gasteiger partial charge in [-0.25, -0.2) is 4.39 Å². The molecule has 2 aromatic rings. The molecule has 2 unspecified atom stereocenters. The lowest BCUT2D eigenvalue weighted by Gasteiger charge is -2.44. The van der Waals surface area contributed by atoms with Gasteiger partial charge in [-0.2, -0.15) is 0 Å². The predicted octanol–water partition coefficient (Wildman–Crippen LogP) is 3.56. The fourth-order valence-electron chi connectivity index (χ4n) is 3.86. The Morgan fingerprint density at radius 3 is 2.52 bits per heavy atom. The number of ether oxygens (including phenoxy) is 2. The number of halogens is 2. The Labute approximate surface area is 198 Å². The summed E-state index contributed by atoms with van der Waals surface area (Å²) in [5.41, 5.74) is 1.41. The minimum Gasteiger partial charge on any atom is -0.482 e. The van der Waals surface area contributed by atoms with E-state index in [1.165, 1.54) is 19.2 Å². The van der Waals surface area contributed by atoms with Gasteiger partial charge in [0.05, 0.1) is 5.69 Å². The van der Waals surface area contributed by atoms with Gasteiger partial charge < -0.3 is 19.7 Å². The monoisotopic (exact) mass is 477 g/mol. The number of carbonyl (C=O) groups excluding carboxylic acids is 2. The van der Waals surface area contributed by atoms with Crippen LogP contribution in [0.25, 0.3) is 0 Å². The number of carbonyl (C=O) groups is 2. The fourth-order valence-corrected chi connectivity index (χ4v) is 4.03. The van der Waals surface area contributed by atoms with Crippen LogP contribution in [0.3, 0.4) is 0 Å². The van der Waals surface area contributed by atoms with E-state index in [-0.39, 0.29) is 42.9 Å². The summed E-state index contributed by atoms with van der Waals surface area (Å²) in [7, 11) is 1.43. The van der Waals surface area contributed by atoms with E-state index in [9.17, 15) is 14.0 Å². The second-order valence-corrected chi connectivity index (χ2v) is 8.65. The molecule has 7 nitrogen and oxygen atoms in total. The van der Waals surface area contributed by atoms with Crippen molar-refractivity contribution < 1.29 is 23.5 Å². The Bertz CT molecular complexity index is 973. The van der Waals surface area contributed by atoms with Crippen molar-refractivity contribution in [3.05, 3.63) is 58.9 Å². The second kappa shape index (κ2) is 11.4. The molecule has 0 bridgehead atoms. The molecule has 0 saturated carbocycles. The Balaban J connectivity index is 1.59. The molecule has 2 amide bonds. The van der Waals surface area contributed by atoms with Crippen molar-refractivity contribution in [1.29, 1.82) is 0 Å². The summed E-state index contributed by atoms with van der Waals surface area (Å²) in [5.74, 6) is -0.388. The first-order valence-electron chi connectivity index (χ1n) is 10.8. The lowest BCUT2D eigenvalue weighted by molar-refractivity contribution is -0.139. The summed E-state index contributed by atoms with van der Waals surface area (Å²) in [5, 5.41) is 3.11. The Hall–Kier alpha value is -2.68. The van der Waals surface area contributed by atoms with Crippen LogP contribution in [0.5, 0.6) is 5.75 Å². The first-order chi connectivity index (χ1) is 15.8. The zero-order valence-electron chi connectivity index (χ0n) is 19.0. The third-order valence-electron chi connectivity index (χ3n) is 5.58. The predicted molar refractivity (Wildman–Crippen MR) is 125 cm³/mol. The quantitative estimate of drug-likeness (QED) is 0.629. The normalized spacial score (nSPS) is 18.8. The molecule has 1 fully saturated rings. The highest BCUT2D eigenvalue weighted by Gasteiger charge is 2.32. The van der Waals surface area contributed by atoms with Crippen molar-refractivity contribution in [3.8, 4) is 5.75 Å².